The SMILES string of the molecule is N=C(N)N1CCCC1c1cc(-c2ccccn2)no1.O=C(O)C(F)(F)F. The van der Waals surface area contributed by atoms with Crippen molar-refractivity contribution in [3.63, 3.8) is 0 Å². The van der Waals surface area contributed by atoms with Crippen LogP contribution in [-0.2, 0) is 4.79 Å². The van der Waals surface area contributed by atoms with E-state index in [9.17, 15) is 13.2 Å². The summed E-state index contributed by atoms with van der Waals surface area (Å²) in [6.07, 6.45) is -1.43. The molecule has 26 heavy (non-hydrogen) atoms. The van der Waals surface area contributed by atoms with E-state index < -0.39 is 12.1 Å². The molecule has 0 saturated carbocycles. The number of aromatic nitrogens is 2. The largest absolute Gasteiger partial charge is 0.490 e. The number of likely N-dealkylation sites (tertiary alicyclic amines) is 1. The topological polar surface area (TPSA) is 129 Å². The number of guanidine groups is 1. The van der Waals surface area contributed by atoms with E-state index in [-0.39, 0.29) is 12.0 Å². The number of rotatable bonds is 2. The first kappa shape index (κ1) is 19.2. The van der Waals surface area contributed by atoms with E-state index in [1.54, 1.807) is 6.20 Å². The average Bonchev–Trinajstić information content (AvgIpc) is 3.24. The van der Waals surface area contributed by atoms with E-state index in [1.807, 2.05) is 29.2 Å². The van der Waals surface area contributed by atoms with E-state index in [0.717, 1.165) is 30.8 Å². The standard InChI is InChI=1S/C13H15N5O.C2HF3O2/c14-13(15)18-7-3-5-11(18)12-8-10(17-19-12)9-4-1-2-6-16-9;3-2(4,5)1(6)7/h1-2,4,6,8,11H,3,5,7H2,(H3,14,15);(H,6,7). The molecule has 0 aromatic carbocycles. The van der Waals surface area contributed by atoms with Gasteiger partial charge < -0.3 is 20.3 Å². The number of halogens is 3. The van der Waals surface area contributed by atoms with Crippen molar-refractivity contribution < 1.29 is 27.6 Å². The summed E-state index contributed by atoms with van der Waals surface area (Å²) in [5.41, 5.74) is 7.07. The monoisotopic (exact) mass is 371 g/mol. The Kier molecular flexibility index (Phi) is 5.80. The number of nitrogens with zero attached hydrogens (tertiary/aromatic N) is 3. The fraction of sp³-hybridized carbons (Fsp3) is 0.333. The van der Waals surface area contributed by atoms with Gasteiger partial charge in [0.1, 0.15) is 5.69 Å². The molecule has 2 aromatic rings. The van der Waals surface area contributed by atoms with E-state index in [0.29, 0.717) is 5.69 Å². The number of nitrogens with one attached hydrogen (secondary N) is 1. The summed E-state index contributed by atoms with van der Waals surface area (Å²) in [7, 11) is 0. The lowest BCUT2D eigenvalue weighted by Crippen LogP contribution is -2.35. The van der Waals surface area contributed by atoms with Crippen LogP contribution in [-0.4, -0.2) is 44.8 Å². The zero-order valence-corrected chi connectivity index (χ0v) is 13.4. The molecule has 3 rings (SSSR count). The quantitative estimate of drug-likeness (QED) is 0.546. The molecule has 3 heterocycles. The van der Waals surface area contributed by atoms with Gasteiger partial charge in [0, 0.05) is 18.8 Å². The lowest BCUT2D eigenvalue weighted by Gasteiger charge is -2.21. The average molecular weight is 371 g/mol. The van der Waals surface area contributed by atoms with Crippen LogP contribution in [0.5, 0.6) is 0 Å². The Morgan fingerprint density at radius 3 is 2.62 bits per heavy atom. The van der Waals surface area contributed by atoms with E-state index >= 15 is 0 Å². The summed E-state index contributed by atoms with van der Waals surface area (Å²) in [5.74, 6) is -1.93. The Bertz CT molecular complexity index is 763. The van der Waals surface area contributed by atoms with Crippen LogP contribution >= 0.6 is 0 Å². The van der Waals surface area contributed by atoms with Gasteiger partial charge in [-0.1, -0.05) is 11.2 Å². The van der Waals surface area contributed by atoms with Crippen molar-refractivity contribution in [1.29, 1.82) is 5.41 Å². The number of alkyl halides is 3. The first-order valence-corrected chi connectivity index (χ1v) is 7.49. The second-order valence-electron chi connectivity index (χ2n) is 5.37. The predicted octanol–water partition coefficient (Wildman–Crippen LogP) is 2.40. The van der Waals surface area contributed by atoms with Crippen LogP contribution in [0.2, 0.25) is 0 Å². The van der Waals surface area contributed by atoms with Gasteiger partial charge in [-0.3, -0.25) is 10.4 Å². The van der Waals surface area contributed by atoms with Crippen LogP contribution in [0, 0.1) is 5.41 Å². The van der Waals surface area contributed by atoms with Crippen molar-refractivity contribution in [3.05, 3.63) is 36.2 Å². The minimum atomic E-state index is -5.08. The van der Waals surface area contributed by atoms with Gasteiger partial charge in [0.25, 0.3) is 0 Å². The Morgan fingerprint density at radius 2 is 2.08 bits per heavy atom. The van der Waals surface area contributed by atoms with E-state index in [4.69, 9.17) is 25.6 Å². The van der Waals surface area contributed by atoms with Crippen LogP contribution < -0.4 is 5.73 Å². The van der Waals surface area contributed by atoms with Crippen molar-refractivity contribution in [2.75, 3.05) is 6.54 Å². The molecular weight excluding hydrogens is 355 g/mol. The molecule has 4 N–H and O–H groups in total. The second-order valence-corrected chi connectivity index (χ2v) is 5.37. The Hall–Kier alpha value is -3.11. The molecule has 0 spiro atoms. The molecule has 1 aliphatic rings. The molecule has 8 nitrogen and oxygen atoms in total. The molecule has 0 aliphatic carbocycles. The van der Waals surface area contributed by atoms with E-state index in [1.165, 1.54) is 0 Å². The third-order valence-corrected chi connectivity index (χ3v) is 3.59. The summed E-state index contributed by atoms with van der Waals surface area (Å²) < 4.78 is 37.1. The van der Waals surface area contributed by atoms with E-state index in [2.05, 4.69) is 10.1 Å². The molecule has 140 valence electrons. The molecule has 2 aromatic heterocycles. The van der Waals surface area contributed by atoms with Crippen LogP contribution in [0.4, 0.5) is 13.2 Å². The van der Waals surface area contributed by atoms with Crippen molar-refractivity contribution >= 4 is 11.9 Å². The number of hydrogen-bond acceptors (Lipinski definition) is 5. The highest BCUT2D eigenvalue weighted by Gasteiger charge is 2.38. The summed E-state index contributed by atoms with van der Waals surface area (Å²) in [6, 6.07) is 7.56. The summed E-state index contributed by atoms with van der Waals surface area (Å²) >= 11 is 0. The number of aliphatic carboxylic acids is 1. The number of hydrogen-bond donors (Lipinski definition) is 3. The fourth-order valence-corrected chi connectivity index (χ4v) is 2.43. The number of carboxylic acid groups (broad SMARTS) is 1. The van der Waals surface area contributed by atoms with Gasteiger partial charge in [-0.05, 0) is 25.0 Å². The van der Waals surface area contributed by atoms with Crippen molar-refractivity contribution in [1.82, 2.24) is 15.0 Å². The van der Waals surface area contributed by atoms with Crippen LogP contribution in [0.15, 0.2) is 35.0 Å². The molecule has 0 radical (unpaired) electrons. The van der Waals surface area contributed by atoms with Gasteiger partial charge in [0.2, 0.25) is 0 Å². The van der Waals surface area contributed by atoms with Gasteiger partial charge in [-0.25, -0.2) is 4.79 Å². The molecule has 1 saturated heterocycles. The van der Waals surface area contributed by atoms with Gasteiger partial charge in [0.15, 0.2) is 11.7 Å². The lowest BCUT2D eigenvalue weighted by molar-refractivity contribution is -0.192. The summed E-state index contributed by atoms with van der Waals surface area (Å²) in [5, 5.41) is 18.7. The first-order chi connectivity index (χ1) is 12.2. The Balaban J connectivity index is 0.000000298. The minimum absolute atomic E-state index is 0.0162. The maximum atomic E-state index is 10.6. The number of carboxylic acids is 1. The normalized spacial score (nSPS) is 16.7. The first-order valence-electron chi connectivity index (χ1n) is 7.49. The molecule has 1 atom stereocenters. The zero-order valence-electron chi connectivity index (χ0n) is 13.4. The van der Waals surface area contributed by atoms with Crippen molar-refractivity contribution in [2.45, 2.75) is 25.1 Å². The summed E-state index contributed by atoms with van der Waals surface area (Å²) in [6.45, 7) is 0.791. The number of pyridine rings is 1. The number of nitrogens with two attached hydrogens (primary N) is 1. The maximum absolute atomic E-state index is 10.6. The third-order valence-electron chi connectivity index (χ3n) is 3.59. The summed E-state index contributed by atoms with van der Waals surface area (Å²) in [4.78, 5) is 15.0. The lowest BCUT2D eigenvalue weighted by atomic mass is 10.1. The highest BCUT2D eigenvalue weighted by atomic mass is 19.4. The number of carbonyl (C=O) groups is 1. The van der Waals surface area contributed by atoms with Crippen LogP contribution in [0.1, 0.15) is 24.6 Å². The molecule has 0 amide bonds. The van der Waals surface area contributed by atoms with Crippen molar-refractivity contribution in [3.8, 4) is 11.4 Å². The zero-order chi connectivity index (χ0) is 19.3. The molecule has 1 aliphatic heterocycles. The maximum Gasteiger partial charge on any atom is 0.490 e. The third kappa shape index (κ3) is 4.71. The molecule has 1 fully saturated rings. The van der Waals surface area contributed by atoms with Crippen molar-refractivity contribution in [2.24, 2.45) is 5.73 Å². The molecule has 0 bridgehead atoms. The predicted molar refractivity (Wildman–Crippen MR) is 84.0 cm³/mol. The molecule has 1 unspecified atom stereocenters. The Morgan fingerprint density at radius 1 is 1.38 bits per heavy atom. The van der Waals surface area contributed by atoms with Crippen LogP contribution in [0.25, 0.3) is 11.4 Å². The molecule has 11 heteroatoms. The Labute approximate surface area is 145 Å². The minimum Gasteiger partial charge on any atom is -0.475 e. The highest BCUT2D eigenvalue weighted by Crippen LogP contribution is 2.33. The van der Waals surface area contributed by atoms with Crippen LogP contribution in [0.3, 0.4) is 0 Å². The second kappa shape index (κ2) is 7.85. The fourth-order valence-electron chi connectivity index (χ4n) is 2.43. The van der Waals surface area contributed by atoms with Gasteiger partial charge in [-0.2, -0.15) is 13.2 Å². The highest BCUT2D eigenvalue weighted by molar-refractivity contribution is 5.75. The van der Waals surface area contributed by atoms with Gasteiger partial charge >= 0.3 is 12.1 Å². The van der Waals surface area contributed by atoms with Gasteiger partial charge in [-0.15, -0.1) is 0 Å². The molecular formula is C15H16F3N5O3. The smallest absolute Gasteiger partial charge is 0.475 e. The van der Waals surface area contributed by atoms with Gasteiger partial charge in [0.05, 0.1) is 11.7 Å².